The molecule has 0 saturated heterocycles. The maximum atomic E-state index is 5.55. The summed E-state index contributed by atoms with van der Waals surface area (Å²) in [5, 5.41) is 0. The van der Waals surface area contributed by atoms with Crippen molar-refractivity contribution in [3.8, 4) is 0 Å². The van der Waals surface area contributed by atoms with Crippen LogP contribution in [0.4, 0.5) is 0 Å². The van der Waals surface area contributed by atoms with Gasteiger partial charge in [0, 0.05) is 19.1 Å². The molecule has 0 aromatic rings. The second-order valence-corrected chi connectivity index (χ2v) is 7.51. The Morgan fingerprint density at radius 3 is 1.38 bits per heavy atom. The number of hydrogen-bond acceptors (Lipinski definition) is 3. The summed E-state index contributed by atoms with van der Waals surface area (Å²) in [5.41, 5.74) is 12.0. The Balaban J connectivity index is 2.98. The average Bonchev–Trinajstić information content (AvgIpc) is 2.60. The summed E-state index contributed by atoms with van der Waals surface area (Å²) in [7, 11) is 0. The lowest BCUT2D eigenvalue weighted by molar-refractivity contribution is 0.441. The van der Waals surface area contributed by atoms with Crippen LogP contribution in [-0.2, 0) is 0 Å². The van der Waals surface area contributed by atoms with Crippen molar-refractivity contribution in [3.63, 3.8) is 0 Å². The van der Waals surface area contributed by atoms with Crippen molar-refractivity contribution < 1.29 is 0 Å². The second-order valence-electron chi connectivity index (χ2n) is 7.51. The quantitative estimate of drug-likeness (QED) is 0.197. The molecular formula is C21H47N3. The molecule has 0 bridgehead atoms. The van der Waals surface area contributed by atoms with Gasteiger partial charge in [-0.3, -0.25) is 10.9 Å². The maximum absolute atomic E-state index is 5.55. The molecule has 0 heterocycles. The Kier molecular flexibility index (Phi) is 20.8. The Labute approximate surface area is 152 Å². The van der Waals surface area contributed by atoms with Gasteiger partial charge in [-0.2, -0.15) is 0 Å². The van der Waals surface area contributed by atoms with E-state index in [1.165, 1.54) is 103 Å². The number of hydrazine groups is 1. The van der Waals surface area contributed by atoms with Gasteiger partial charge in [0.05, 0.1) is 0 Å². The van der Waals surface area contributed by atoms with E-state index in [4.69, 9.17) is 5.73 Å². The molecular weight excluding hydrogens is 294 g/mol. The van der Waals surface area contributed by atoms with Crippen molar-refractivity contribution in [1.82, 2.24) is 10.9 Å². The highest BCUT2D eigenvalue weighted by molar-refractivity contribution is 4.56. The van der Waals surface area contributed by atoms with E-state index in [9.17, 15) is 0 Å². The van der Waals surface area contributed by atoms with E-state index in [1.807, 2.05) is 0 Å². The maximum Gasteiger partial charge on any atom is 0.0307 e. The predicted molar refractivity (Wildman–Crippen MR) is 109 cm³/mol. The Hall–Kier alpha value is -0.120. The number of hydrogen-bond donors (Lipinski definition) is 3. The van der Waals surface area contributed by atoms with Crippen LogP contribution in [0, 0.1) is 0 Å². The molecule has 0 aliphatic rings. The van der Waals surface area contributed by atoms with Crippen LogP contribution in [0.5, 0.6) is 0 Å². The summed E-state index contributed by atoms with van der Waals surface area (Å²) in [6, 6.07) is 0.367. The molecule has 146 valence electrons. The SMILES string of the molecule is CCCCCCCCCCCCCCCCCCNNC(C)CN. The van der Waals surface area contributed by atoms with Crippen molar-refractivity contribution in [3.05, 3.63) is 0 Å². The number of rotatable bonds is 20. The third-order valence-electron chi connectivity index (χ3n) is 4.86. The largest absolute Gasteiger partial charge is 0.329 e. The first-order valence-corrected chi connectivity index (χ1v) is 11.0. The first-order chi connectivity index (χ1) is 11.8. The van der Waals surface area contributed by atoms with Crippen LogP contribution in [0.1, 0.15) is 117 Å². The monoisotopic (exact) mass is 341 g/mol. The van der Waals surface area contributed by atoms with E-state index < -0.39 is 0 Å². The summed E-state index contributed by atoms with van der Waals surface area (Å²) in [5.74, 6) is 0. The second kappa shape index (κ2) is 20.9. The van der Waals surface area contributed by atoms with Crippen molar-refractivity contribution in [1.29, 1.82) is 0 Å². The average molecular weight is 342 g/mol. The molecule has 0 amide bonds. The molecule has 0 fully saturated rings. The van der Waals surface area contributed by atoms with Crippen LogP contribution in [0.25, 0.3) is 0 Å². The van der Waals surface area contributed by atoms with Gasteiger partial charge in [-0.15, -0.1) is 0 Å². The molecule has 0 aromatic carbocycles. The topological polar surface area (TPSA) is 50.1 Å². The van der Waals surface area contributed by atoms with Gasteiger partial charge in [0.1, 0.15) is 0 Å². The van der Waals surface area contributed by atoms with Crippen LogP contribution in [0.15, 0.2) is 0 Å². The number of nitrogens with two attached hydrogens (primary N) is 1. The Morgan fingerprint density at radius 1 is 0.625 bits per heavy atom. The van der Waals surface area contributed by atoms with Crippen LogP contribution >= 0.6 is 0 Å². The first-order valence-electron chi connectivity index (χ1n) is 11.0. The van der Waals surface area contributed by atoms with Crippen molar-refractivity contribution in [2.45, 2.75) is 123 Å². The zero-order valence-corrected chi connectivity index (χ0v) is 16.9. The van der Waals surface area contributed by atoms with Crippen molar-refractivity contribution >= 4 is 0 Å². The molecule has 0 aliphatic heterocycles. The fourth-order valence-corrected chi connectivity index (χ4v) is 3.07. The molecule has 0 rings (SSSR count). The van der Waals surface area contributed by atoms with Crippen molar-refractivity contribution in [2.24, 2.45) is 5.73 Å². The van der Waals surface area contributed by atoms with Gasteiger partial charge in [0.2, 0.25) is 0 Å². The minimum absolute atomic E-state index is 0.367. The zero-order chi connectivity index (χ0) is 17.7. The summed E-state index contributed by atoms with van der Waals surface area (Å²) in [4.78, 5) is 0. The zero-order valence-electron chi connectivity index (χ0n) is 16.9. The molecule has 4 N–H and O–H groups in total. The highest BCUT2D eigenvalue weighted by Gasteiger charge is 1.96. The molecule has 1 atom stereocenters. The lowest BCUT2D eigenvalue weighted by Crippen LogP contribution is -2.43. The van der Waals surface area contributed by atoms with E-state index in [-0.39, 0.29) is 0 Å². The van der Waals surface area contributed by atoms with E-state index >= 15 is 0 Å². The highest BCUT2D eigenvalue weighted by Crippen LogP contribution is 2.13. The molecule has 0 radical (unpaired) electrons. The molecule has 3 heteroatoms. The van der Waals surface area contributed by atoms with Gasteiger partial charge in [-0.1, -0.05) is 103 Å². The smallest absolute Gasteiger partial charge is 0.0307 e. The summed E-state index contributed by atoms with van der Waals surface area (Å²) in [6.45, 7) is 6.13. The van der Waals surface area contributed by atoms with Gasteiger partial charge >= 0.3 is 0 Å². The van der Waals surface area contributed by atoms with E-state index in [0.29, 0.717) is 12.6 Å². The van der Waals surface area contributed by atoms with Gasteiger partial charge in [-0.05, 0) is 13.3 Å². The van der Waals surface area contributed by atoms with Crippen LogP contribution in [-0.4, -0.2) is 19.1 Å². The van der Waals surface area contributed by atoms with E-state index in [0.717, 1.165) is 6.54 Å². The normalized spacial score (nSPS) is 12.6. The summed E-state index contributed by atoms with van der Waals surface area (Å²) < 4.78 is 0. The van der Waals surface area contributed by atoms with Crippen LogP contribution in [0.3, 0.4) is 0 Å². The molecule has 0 aliphatic carbocycles. The predicted octanol–water partition coefficient (Wildman–Crippen LogP) is 5.69. The molecule has 24 heavy (non-hydrogen) atoms. The van der Waals surface area contributed by atoms with Crippen LogP contribution < -0.4 is 16.6 Å². The van der Waals surface area contributed by atoms with Gasteiger partial charge < -0.3 is 5.73 Å². The lowest BCUT2D eigenvalue weighted by atomic mass is 10.0. The molecule has 3 nitrogen and oxygen atoms in total. The van der Waals surface area contributed by atoms with Crippen LogP contribution in [0.2, 0.25) is 0 Å². The Bertz CT molecular complexity index is 221. The first kappa shape index (κ1) is 23.9. The van der Waals surface area contributed by atoms with Gasteiger partial charge in [-0.25, -0.2) is 0 Å². The number of unbranched alkanes of at least 4 members (excludes halogenated alkanes) is 15. The summed E-state index contributed by atoms with van der Waals surface area (Å²) >= 11 is 0. The van der Waals surface area contributed by atoms with Crippen molar-refractivity contribution in [2.75, 3.05) is 13.1 Å². The minimum atomic E-state index is 0.367. The number of nitrogens with one attached hydrogen (secondary N) is 2. The lowest BCUT2D eigenvalue weighted by Gasteiger charge is -2.12. The van der Waals surface area contributed by atoms with Gasteiger partial charge in [0.15, 0.2) is 0 Å². The van der Waals surface area contributed by atoms with Gasteiger partial charge in [0.25, 0.3) is 0 Å². The third kappa shape index (κ3) is 19.9. The Morgan fingerprint density at radius 2 is 1.00 bits per heavy atom. The molecule has 0 aromatic heterocycles. The molecule has 0 spiro atoms. The summed E-state index contributed by atoms with van der Waals surface area (Å²) in [6.07, 6.45) is 22.8. The molecule has 0 saturated carbocycles. The minimum Gasteiger partial charge on any atom is -0.329 e. The molecule has 1 unspecified atom stereocenters. The fourth-order valence-electron chi connectivity index (χ4n) is 3.07. The highest BCUT2D eigenvalue weighted by atomic mass is 15.4. The van der Waals surface area contributed by atoms with E-state index in [1.54, 1.807) is 0 Å². The van der Waals surface area contributed by atoms with E-state index in [2.05, 4.69) is 24.7 Å². The fraction of sp³-hybridized carbons (Fsp3) is 1.00. The standard InChI is InChI=1S/C21H47N3/c1-3-4-5-6-7-8-9-10-11-12-13-14-15-16-17-18-19-23-24-21(2)20-22/h21,23-24H,3-20,22H2,1-2H3. The third-order valence-corrected chi connectivity index (χ3v) is 4.86.